The number of aliphatic imine (C=N–C) groups is 1. The summed E-state index contributed by atoms with van der Waals surface area (Å²) in [5.41, 5.74) is 0. The molecule has 1 saturated carbocycles. The second-order valence-electron chi connectivity index (χ2n) is 6.49. The summed E-state index contributed by atoms with van der Waals surface area (Å²) in [5, 5.41) is 6.81. The summed E-state index contributed by atoms with van der Waals surface area (Å²) in [4.78, 5) is 9.56. The average Bonchev–Trinajstić information content (AvgIpc) is 3.00. The zero-order chi connectivity index (χ0) is 16.5. The maximum absolute atomic E-state index is 4.30. The van der Waals surface area contributed by atoms with Crippen LogP contribution in [0.1, 0.15) is 48.3 Å². The third kappa shape index (κ3) is 6.51. The van der Waals surface area contributed by atoms with Crippen LogP contribution in [0.5, 0.6) is 0 Å². The van der Waals surface area contributed by atoms with E-state index in [1.165, 1.54) is 48.4 Å². The maximum Gasteiger partial charge on any atom is 0.191 e. The van der Waals surface area contributed by atoms with E-state index in [1.54, 1.807) is 0 Å². The molecular weight excluding hydrogens is 304 g/mol. The summed E-state index contributed by atoms with van der Waals surface area (Å²) in [5.74, 6) is 0.899. The highest BCUT2D eigenvalue weighted by Gasteiger charge is 2.17. The minimum atomic E-state index is 0.809. The molecule has 0 saturated heterocycles. The van der Waals surface area contributed by atoms with Gasteiger partial charge in [0.25, 0.3) is 0 Å². The second-order valence-corrected chi connectivity index (χ2v) is 7.86. The topological polar surface area (TPSA) is 39.7 Å². The summed E-state index contributed by atoms with van der Waals surface area (Å²) < 4.78 is 0. The fraction of sp³-hybridized carbons (Fsp3) is 0.722. The molecule has 2 rings (SSSR count). The van der Waals surface area contributed by atoms with Crippen LogP contribution in [-0.2, 0) is 6.54 Å². The van der Waals surface area contributed by atoms with Crippen molar-refractivity contribution in [3.05, 3.63) is 21.9 Å². The number of nitrogens with one attached hydrogen (secondary N) is 2. The van der Waals surface area contributed by atoms with Crippen molar-refractivity contribution < 1.29 is 0 Å². The third-order valence-corrected chi connectivity index (χ3v) is 5.63. The Kier molecular flexibility index (Phi) is 7.89. The van der Waals surface area contributed by atoms with Crippen molar-refractivity contribution in [1.29, 1.82) is 0 Å². The number of hydrogen-bond acceptors (Lipinski definition) is 3. The van der Waals surface area contributed by atoms with Crippen molar-refractivity contribution in [3.63, 3.8) is 0 Å². The van der Waals surface area contributed by atoms with Gasteiger partial charge in [0.2, 0.25) is 0 Å². The molecule has 4 nitrogen and oxygen atoms in total. The first-order valence-electron chi connectivity index (χ1n) is 8.89. The zero-order valence-corrected chi connectivity index (χ0v) is 15.7. The Balaban J connectivity index is 1.59. The van der Waals surface area contributed by atoms with Gasteiger partial charge in [-0.25, -0.2) is 0 Å². The Labute approximate surface area is 145 Å². The maximum atomic E-state index is 4.30. The lowest BCUT2D eigenvalue weighted by molar-refractivity contribution is 0.190. The fourth-order valence-corrected chi connectivity index (χ4v) is 4.04. The van der Waals surface area contributed by atoms with Crippen LogP contribution in [-0.4, -0.2) is 44.1 Å². The molecule has 23 heavy (non-hydrogen) atoms. The molecule has 0 atom stereocenters. The molecule has 130 valence electrons. The fourth-order valence-electron chi connectivity index (χ4n) is 3.21. The molecule has 0 bridgehead atoms. The van der Waals surface area contributed by atoms with E-state index in [9.17, 15) is 0 Å². The zero-order valence-electron chi connectivity index (χ0n) is 14.9. The van der Waals surface area contributed by atoms with E-state index in [0.29, 0.717) is 0 Å². The van der Waals surface area contributed by atoms with Gasteiger partial charge >= 0.3 is 0 Å². The summed E-state index contributed by atoms with van der Waals surface area (Å²) in [6.45, 7) is 5.13. The van der Waals surface area contributed by atoms with Crippen LogP contribution in [0.25, 0.3) is 0 Å². The van der Waals surface area contributed by atoms with E-state index in [4.69, 9.17) is 0 Å². The van der Waals surface area contributed by atoms with Gasteiger partial charge in [-0.3, -0.25) is 4.99 Å². The molecule has 0 aromatic carbocycles. The molecule has 1 aromatic heterocycles. The lowest BCUT2D eigenvalue weighted by Gasteiger charge is -2.31. The van der Waals surface area contributed by atoms with Crippen LogP contribution < -0.4 is 10.6 Å². The standard InChI is InChI=1S/C18H32N4S/c1-15-10-11-17(23-15)14-21-18(19-2)20-12-7-13-22(3)16-8-5-4-6-9-16/h10-11,16H,4-9,12-14H2,1-3H3,(H2,19,20,21). The van der Waals surface area contributed by atoms with Gasteiger partial charge in [-0.05, 0) is 51.9 Å². The number of hydrogen-bond donors (Lipinski definition) is 2. The largest absolute Gasteiger partial charge is 0.356 e. The molecule has 0 aliphatic heterocycles. The molecule has 1 aromatic rings. The van der Waals surface area contributed by atoms with Gasteiger partial charge in [0.05, 0.1) is 6.54 Å². The van der Waals surface area contributed by atoms with Crippen LogP contribution in [0.4, 0.5) is 0 Å². The van der Waals surface area contributed by atoms with E-state index in [-0.39, 0.29) is 0 Å². The second kappa shape index (κ2) is 9.93. The first kappa shape index (κ1) is 18.3. The number of guanidine groups is 1. The molecule has 1 aliphatic rings. The summed E-state index contributed by atoms with van der Waals surface area (Å²) in [7, 11) is 4.12. The number of nitrogens with zero attached hydrogens (tertiary/aromatic N) is 2. The van der Waals surface area contributed by atoms with Crippen LogP contribution in [0, 0.1) is 6.92 Å². The molecule has 1 fully saturated rings. The molecule has 0 amide bonds. The summed E-state index contributed by atoms with van der Waals surface area (Å²) in [6, 6.07) is 5.15. The van der Waals surface area contributed by atoms with Gasteiger partial charge in [0.1, 0.15) is 0 Å². The highest BCUT2D eigenvalue weighted by molar-refractivity contribution is 7.11. The van der Waals surface area contributed by atoms with E-state index in [2.05, 4.69) is 46.6 Å². The highest BCUT2D eigenvalue weighted by Crippen LogP contribution is 2.21. The van der Waals surface area contributed by atoms with Gasteiger partial charge in [0, 0.05) is 29.4 Å². The number of aryl methyl sites for hydroxylation is 1. The van der Waals surface area contributed by atoms with Crippen molar-refractivity contribution in [2.45, 2.75) is 58.0 Å². The molecule has 2 N–H and O–H groups in total. The highest BCUT2D eigenvalue weighted by atomic mass is 32.1. The van der Waals surface area contributed by atoms with Crippen LogP contribution in [0.2, 0.25) is 0 Å². The monoisotopic (exact) mass is 336 g/mol. The van der Waals surface area contributed by atoms with Gasteiger partial charge in [0.15, 0.2) is 5.96 Å². The summed E-state index contributed by atoms with van der Waals surface area (Å²) in [6.07, 6.45) is 8.17. The Morgan fingerprint density at radius 2 is 2.04 bits per heavy atom. The smallest absolute Gasteiger partial charge is 0.191 e. The molecule has 1 heterocycles. The normalized spacial score (nSPS) is 16.8. The first-order valence-corrected chi connectivity index (χ1v) is 9.71. The van der Waals surface area contributed by atoms with Crippen molar-refractivity contribution >= 4 is 17.3 Å². The van der Waals surface area contributed by atoms with Gasteiger partial charge in [-0.15, -0.1) is 11.3 Å². The van der Waals surface area contributed by atoms with Crippen LogP contribution >= 0.6 is 11.3 Å². The lowest BCUT2D eigenvalue weighted by atomic mass is 9.94. The van der Waals surface area contributed by atoms with Crippen LogP contribution in [0.3, 0.4) is 0 Å². The Morgan fingerprint density at radius 1 is 1.26 bits per heavy atom. The van der Waals surface area contributed by atoms with E-state index in [0.717, 1.165) is 31.5 Å². The Morgan fingerprint density at radius 3 is 2.70 bits per heavy atom. The predicted octanol–water partition coefficient (Wildman–Crippen LogP) is 3.38. The number of thiophene rings is 1. The average molecular weight is 337 g/mol. The first-order chi connectivity index (χ1) is 11.2. The molecule has 0 radical (unpaired) electrons. The minimum Gasteiger partial charge on any atom is -0.356 e. The van der Waals surface area contributed by atoms with Gasteiger partial charge in [-0.2, -0.15) is 0 Å². The van der Waals surface area contributed by atoms with E-state index >= 15 is 0 Å². The quantitative estimate of drug-likeness (QED) is 0.455. The van der Waals surface area contributed by atoms with Gasteiger partial charge < -0.3 is 15.5 Å². The SMILES string of the molecule is CN=C(NCCCN(C)C1CCCCC1)NCc1ccc(C)s1. The summed E-state index contributed by atoms with van der Waals surface area (Å²) >= 11 is 1.84. The third-order valence-electron chi connectivity index (χ3n) is 4.63. The molecule has 1 aliphatic carbocycles. The van der Waals surface area contributed by atoms with Crippen molar-refractivity contribution in [2.24, 2.45) is 4.99 Å². The van der Waals surface area contributed by atoms with E-state index < -0.39 is 0 Å². The number of rotatable bonds is 7. The molecule has 0 unspecified atom stereocenters. The lowest BCUT2D eigenvalue weighted by Crippen LogP contribution is -2.39. The Bertz CT molecular complexity index is 477. The molecule has 5 heteroatoms. The van der Waals surface area contributed by atoms with E-state index in [1.807, 2.05) is 18.4 Å². The van der Waals surface area contributed by atoms with Crippen molar-refractivity contribution in [1.82, 2.24) is 15.5 Å². The van der Waals surface area contributed by atoms with Gasteiger partial charge in [-0.1, -0.05) is 19.3 Å². The molecular formula is C18H32N4S. The van der Waals surface area contributed by atoms with Crippen molar-refractivity contribution in [3.8, 4) is 0 Å². The minimum absolute atomic E-state index is 0.809. The Hall–Kier alpha value is -1.07. The van der Waals surface area contributed by atoms with Crippen LogP contribution in [0.15, 0.2) is 17.1 Å². The molecule has 0 spiro atoms. The van der Waals surface area contributed by atoms with Crippen molar-refractivity contribution in [2.75, 3.05) is 27.2 Å². The predicted molar refractivity (Wildman–Crippen MR) is 101 cm³/mol.